The summed E-state index contributed by atoms with van der Waals surface area (Å²) < 4.78 is 13.4. The Bertz CT molecular complexity index is 601. The smallest absolute Gasteiger partial charge is 0.126 e. The zero-order chi connectivity index (χ0) is 14.1. The Morgan fingerprint density at radius 3 is 2.75 bits per heavy atom. The molecule has 1 aromatic carbocycles. The summed E-state index contributed by atoms with van der Waals surface area (Å²) in [4.78, 5) is 2.64. The van der Waals surface area contributed by atoms with Crippen LogP contribution in [0.2, 0.25) is 0 Å². The molecule has 0 aliphatic heterocycles. The SMILES string of the molecule is CCNC(c1ccc(-c2ccc(F)c(C)c2)s1)C1CC1. The summed E-state index contributed by atoms with van der Waals surface area (Å²) in [5.41, 5.74) is 1.83. The van der Waals surface area contributed by atoms with Crippen LogP contribution in [0, 0.1) is 18.7 Å². The minimum absolute atomic E-state index is 0.131. The van der Waals surface area contributed by atoms with E-state index in [1.54, 1.807) is 6.07 Å². The average molecular weight is 289 g/mol. The minimum atomic E-state index is -0.131. The Morgan fingerprint density at radius 1 is 1.30 bits per heavy atom. The molecule has 0 saturated heterocycles. The van der Waals surface area contributed by atoms with Gasteiger partial charge in [0.05, 0.1) is 0 Å². The van der Waals surface area contributed by atoms with Gasteiger partial charge in [0.25, 0.3) is 0 Å². The molecule has 20 heavy (non-hydrogen) atoms. The van der Waals surface area contributed by atoms with Crippen molar-refractivity contribution in [3.8, 4) is 10.4 Å². The monoisotopic (exact) mass is 289 g/mol. The lowest BCUT2D eigenvalue weighted by atomic mass is 10.1. The Morgan fingerprint density at radius 2 is 2.10 bits per heavy atom. The lowest BCUT2D eigenvalue weighted by Gasteiger charge is -2.15. The van der Waals surface area contributed by atoms with E-state index in [0.29, 0.717) is 11.6 Å². The summed E-state index contributed by atoms with van der Waals surface area (Å²) >= 11 is 1.83. The highest BCUT2D eigenvalue weighted by Crippen LogP contribution is 2.44. The van der Waals surface area contributed by atoms with E-state index in [4.69, 9.17) is 0 Å². The summed E-state index contributed by atoms with van der Waals surface area (Å²) in [7, 11) is 0. The zero-order valence-electron chi connectivity index (χ0n) is 11.9. The van der Waals surface area contributed by atoms with Crippen LogP contribution < -0.4 is 5.32 Å². The quantitative estimate of drug-likeness (QED) is 0.823. The van der Waals surface area contributed by atoms with Crippen LogP contribution in [0.3, 0.4) is 0 Å². The second kappa shape index (κ2) is 5.66. The van der Waals surface area contributed by atoms with Crippen molar-refractivity contribution in [1.82, 2.24) is 5.32 Å². The van der Waals surface area contributed by atoms with Gasteiger partial charge in [0.15, 0.2) is 0 Å². The fourth-order valence-corrected chi connectivity index (χ4v) is 3.80. The van der Waals surface area contributed by atoms with Gasteiger partial charge in [-0.15, -0.1) is 11.3 Å². The topological polar surface area (TPSA) is 12.0 Å². The molecule has 3 rings (SSSR count). The number of halogens is 1. The molecule has 0 amide bonds. The second-order valence-electron chi connectivity index (χ2n) is 5.54. The highest BCUT2D eigenvalue weighted by Gasteiger charge is 2.32. The van der Waals surface area contributed by atoms with Gasteiger partial charge >= 0.3 is 0 Å². The van der Waals surface area contributed by atoms with Crippen LogP contribution in [0.1, 0.15) is 36.2 Å². The van der Waals surface area contributed by atoms with Crippen LogP contribution >= 0.6 is 11.3 Å². The first kappa shape index (κ1) is 13.8. The van der Waals surface area contributed by atoms with Crippen molar-refractivity contribution >= 4 is 11.3 Å². The third-order valence-corrected chi connectivity index (χ3v) is 5.11. The fourth-order valence-electron chi connectivity index (χ4n) is 2.62. The van der Waals surface area contributed by atoms with E-state index in [9.17, 15) is 4.39 Å². The van der Waals surface area contributed by atoms with Gasteiger partial charge in [-0.1, -0.05) is 13.0 Å². The maximum absolute atomic E-state index is 13.4. The van der Waals surface area contributed by atoms with Crippen molar-refractivity contribution in [3.63, 3.8) is 0 Å². The molecular weight excluding hydrogens is 269 g/mol. The van der Waals surface area contributed by atoms with Gasteiger partial charge in [-0.05, 0) is 67.6 Å². The van der Waals surface area contributed by atoms with E-state index >= 15 is 0 Å². The number of rotatable bonds is 5. The molecule has 1 nitrogen and oxygen atoms in total. The summed E-state index contributed by atoms with van der Waals surface area (Å²) in [6, 6.07) is 10.3. The fraction of sp³-hybridized carbons (Fsp3) is 0.412. The number of benzene rings is 1. The van der Waals surface area contributed by atoms with E-state index < -0.39 is 0 Å². The van der Waals surface area contributed by atoms with Crippen molar-refractivity contribution < 1.29 is 4.39 Å². The Balaban J connectivity index is 1.86. The Kier molecular flexibility index (Phi) is 3.90. The normalized spacial score (nSPS) is 16.4. The molecule has 0 radical (unpaired) electrons. The van der Waals surface area contributed by atoms with Crippen molar-refractivity contribution in [3.05, 3.63) is 46.6 Å². The average Bonchev–Trinajstić information content (AvgIpc) is 3.16. The van der Waals surface area contributed by atoms with Crippen molar-refractivity contribution in [1.29, 1.82) is 0 Å². The first-order valence-corrected chi connectivity index (χ1v) is 8.10. The van der Waals surface area contributed by atoms with Crippen LogP contribution in [0.5, 0.6) is 0 Å². The molecule has 1 aromatic heterocycles. The molecule has 1 atom stereocenters. The first-order valence-electron chi connectivity index (χ1n) is 7.28. The highest BCUT2D eigenvalue weighted by atomic mass is 32.1. The Hall–Kier alpha value is -1.19. The van der Waals surface area contributed by atoms with Gasteiger partial charge in [0, 0.05) is 15.8 Å². The molecule has 1 aliphatic rings. The van der Waals surface area contributed by atoms with E-state index in [1.807, 2.05) is 30.4 Å². The predicted octanol–water partition coefficient (Wildman–Crippen LogP) is 4.92. The summed E-state index contributed by atoms with van der Waals surface area (Å²) in [6.45, 7) is 4.98. The van der Waals surface area contributed by atoms with Crippen LogP contribution in [0.15, 0.2) is 30.3 Å². The van der Waals surface area contributed by atoms with E-state index in [2.05, 4.69) is 24.4 Å². The van der Waals surface area contributed by atoms with Crippen molar-refractivity contribution in [2.45, 2.75) is 32.7 Å². The third-order valence-electron chi connectivity index (χ3n) is 3.89. The Labute approximate surface area is 123 Å². The molecule has 1 heterocycles. The largest absolute Gasteiger partial charge is 0.309 e. The standard InChI is InChI=1S/C17H20FNS/c1-3-19-17(12-4-5-12)16-9-8-15(20-16)13-6-7-14(18)11(2)10-13/h6-10,12,17,19H,3-5H2,1-2H3. The van der Waals surface area contributed by atoms with Crippen LogP contribution in [0.25, 0.3) is 10.4 Å². The molecule has 1 aliphatic carbocycles. The van der Waals surface area contributed by atoms with E-state index in [-0.39, 0.29) is 5.82 Å². The number of hydrogen-bond acceptors (Lipinski definition) is 2. The molecule has 1 unspecified atom stereocenters. The number of thiophene rings is 1. The maximum atomic E-state index is 13.4. The van der Waals surface area contributed by atoms with Gasteiger partial charge in [0.2, 0.25) is 0 Å². The lowest BCUT2D eigenvalue weighted by molar-refractivity contribution is 0.504. The highest BCUT2D eigenvalue weighted by molar-refractivity contribution is 7.15. The van der Waals surface area contributed by atoms with E-state index in [0.717, 1.165) is 18.0 Å². The molecule has 2 aromatic rings. The number of nitrogens with one attached hydrogen (secondary N) is 1. The molecule has 1 N–H and O–H groups in total. The van der Waals surface area contributed by atoms with Crippen molar-refractivity contribution in [2.75, 3.05) is 6.54 Å². The van der Waals surface area contributed by atoms with Gasteiger partial charge in [-0.3, -0.25) is 0 Å². The first-order chi connectivity index (χ1) is 9.69. The summed E-state index contributed by atoms with van der Waals surface area (Å²) in [5, 5.41) is 3.60. The van der Waals surface area contributed by atoms with Gasteiger partial charge < -0.3 is 5.32 Å². The summed E-state index contributed by atoms with van der Waals surface area (Å²) in [5.74, 6) is 0.672. The molecule has 3 heteroatoms. The van der Waals surface area contributed by atoms with Crippen LogP contribution in [0.4, 0.5) is 4.39 Å². The van der Waals surface area contributed by atoms with Gasteiger partial charge in [-0.25, -0.2) is 4.39 Å². The summed E-state index contributed by atoms with van der Waals surface area (Å²) in [6.07, 6.45) is 2.67. The molecule has 106 valence electrons. The van der Waals surface area contributed by atoms with Crippen LogP contribution in [-0.2, 0) is 0 Å². The van der Waals surface area contributed by atoms with Crippen molar-refractivity contribution in [2.24, 2.45) is 5.92 Å². The van der Waals surface area contributed by atoms with Gasteiger partial charge in [0.1, 0.15) is 5.82 Å². The molecular formula is C17H20FNS. The molecule has 1 fully saturated rings. The molecule has 0 bridgehead atoms. The third kappa shape index (κ3) is 2.79. The van der Waals surface area contributed by atoms with Gasteiger partial charge in [-0.2, -0.15) is 0 Å². The molecule has 1 saturated carbocycles. The predicted molar refractivity (Wildman–Crippen MR) is 83.6 cm³/mol. The lowest BCUT2D eigenvalue weighted by Crippen LogP contribution is -2.21. The number of hydrogen-bond donors (Lipinski definition) is 1. The maximum Gasteiger partial charge on any atom is 0.126 e. The minimum Gasteiger partial charge on any atom is -0.309 e. The van der Waals surface area contributed by atoms with E-state index in [1.165, 1.54) is 22.6 Å². The zero-order valence-corrected chi connectivity index (χ0v) is 12.8. The van der Waals surface area contributed by atoms with Crippen LogP contribution in [-0.4, -0.2) is 6.54 Å². The second-order valence-corrected chi connectivity index (χ2v) is 6.65. The molecule has 0 spiro atoms. The number of aryl methyl sites for hydroxylation is 1.